The van der Waals surface area contributed by atoms with Crippen LogP contribution in [0.5, 0.6) is 0 Å². The van der Waals surface area contributed by atoms with E-state index in [0.717, 1.165) is 0 Å². The fraction of sp³-hybridized carbons (Fsp3) is 1.00. The van der Waals surface area contributed by atoms with Gasteiger partial charge in [0.1, 0.15) is 0 Å². The SMILES string of the molecule is CCCCC(N)(P(=O)(O)O)P(=O)(O)O. The highest BCUT2D eigenvalue weighted by atomic mass is 31.2. The van der Waals surface area contributed by atoms with Gasteiger partial charge in [0, 0.05) is 0 Å². The van der Waals surface area contributed by atoms with Gasteiger partial charge in [0.2, 0.25) is 5.02 Å². The first kappa shape index (κ1) is 14.3. The van der Waals surface area contributed by atoms with Crippen molar-refractivity contribution in [2.24, 2.45) is 5.73 Å². The minimum absolute atomic E-state index is 0.243. The molecule has 0 aromatic heterocycles. The maximum Gasteiger partial charge on any atom is 0.357 e. The number of nitrogens with two attached hydrogens (primary N) is 1. The zero-order chi connectivity index (χ0) is 11.6. The van der Waals surface area contributed by atoms with E-state index >= 15 is 0 Å². The van der Waals surface area contributed by atoms with Crippen LogP contribution in [0.1, 0.15) is 26.2 Å². The molecule has 0 aliphatic rings. The van der Waals surface area contributed by atoms with Gasteiger partial charge < -0.3 is 25.3 Å². The second-order valence-corrected chi connectivity index (χ2v) is 7.20. The summed E-state index contributed by atoms with van der Waals surface area (Å²) < 4.78 is 21.8. The van der Waals surface area contributed by atoms with Crippen LogP contribution in [0.25, 0.3) is 0 Å². The minimum Gasteiger partial charge on any atom is -0.323 e. The summed E-state index contributed by atoms with van der Waals surface area (Å²) in [7, 11) is -10.0. The molecule has 0 atom stereocenters. The van der Waals surface area contributed by atoms with Crippen LogP contribution in [-0.2, 0) is 9.13 Å². The topological polar surface area (TPSA) is 141 Å². The van der Waals surface area contributed by atoms with Crippen LogP contribution in [0.15, 0.2) is 0 Å². The lowest BCUT2D eigenvalue weighted by molar-refractivity contribution is 0.301. The molecule has 0 saturated carbocycles. The molecule has 0 fully saturated rings. The van der Waals surface area contributed by atoms with Gasteiger partial charge in [0.25, 0.3) is 0 Å². The Morgan fingerprint density at radius 1 is 1.14 bits per heavy atom. The maximum atomic E-state index is 10.9. The van der Waals surface area contributed by atoms with Crippen LogP contribution >= 0.6 is 15.2 Å². The third-order valence-electron chi connectivity index (χ3n) is 1.91. The van der Waals surface area contributed by atoms with Gasteiger partial charge in [-0.15, -0.1) is 0 Å². The monoisotopic (exact) mass is 247 g/mol. The van der Waals surface area contributed by atoms with Crippen molar-refractivity contribution in [3.63, 3.8) is 0 Å². The summed E-state index contributed by atoms with van der Waals surface area (Å²) in [4.78, 5) is 35.2. The molecule has 0 spiro atoms. The quantitative estimate of drug-likeness (QED) is 0.435. The van der Waals surface area contributed by atoms with E-state index in [1.165, 1.54) is 0 Å². The Labute approximate surface area is 81.6 Å². The third-order valence-corrected chi connectivity index (χ3v) is 5.94. The molecule has 0 saturated heterocycles. The van der Waals surface area contributed by atoms with E-state index in [0.29, 0.717) is 6.42 Å². The molecule has 0 aromatic rings. The van der Waals surface area contributed by atoms with Gasteiger partial charge in [0.15, 0.2) is 0 Å². The van der Waals surface area contributed by atoms with E-state index in [9.17, 15) is 9.13 Å². The van der Waals surface area contributed by atoms with Crippen molar-refractivity contribution in [2.45, 2.75) is 31.2 Å². The average molecular weight is 247 g/mol. The molecule has 14 heavy (non-hydrogen) atoms. The summed E-state index contributed by atoms with van der Waals surface area (Å²) in [5, 5.41) is -2.74. The number of unbranched alkanes of at least 4 members (excludes halogenated alkanes) is 1. The molecule has 0 unspecified atom stereocenters. The summed E-state index contributed by atoms with van der Waals surface area (Å²) in [6.45, 7) is 1.72. The normalized spacial score (nSPS) is 14.4. The molecule has 7 nitrogen and oxygen atoms in total. The van der Waals surface area contributed by atoms with E-state index in [4.69, 9.17) is 25.3 Å². The minimum atomic E-state index is -5.02. The van der Waals surface area contributed by atoms with Crippen molar-refractivity contribution in [3.05, 3.63) is 0 Å². The van der Waals surface area contributed by atoms with Crippen molar-refractivity contribution in [2.75, 3.05) is 0 Å². The van der Waals surface area contributed by atoms with Gasteiger partial charge in [-0.3, -0.25) is 9.13 Å². The van der Waals surface area contributed by atoms with Crippen molar-refractivity contribution < 1.29 is 28.7 Å². The Kier molecular flexibility index (Phi) is 4.49. The van der Waals surface area contributed by atoms with E-state index in [1.807, 2.05) is 0 Å². The van der Waals surface area contributed by atoms with Crippen molar-refractivity contribution in [1.82, 2.24) is 0 Å². The average Bonchev–Trinajstić information content (AvgIpc) is 1.95. The van der Waals surface area contributed by atoms with Crippen LogP contribution in [-0.4, -0.2) is 24.6 Å². The fourth-order valence-electron chi connectivity index (χ4n) is 0.898. The summed E-state index contributed by atoms with van der Waals surface area (Å²) in [5.74, 6) is 0. The number of hydrogen-bond acceptors (Lipinski definition) is 3. The van der Waals surface area contributed by atoms with Crippen LogP contribution in [0.4, 0.5) is 0 Å². The molecule has 0 bridgehead atoms. The van der Waals surface area contributed by atoms with Gasteiger partial charge in [-0.05, 0) is 6.42 Å². The lowest BCUT2D eigenvalue weighted by Gasteiger charge is -2.30. The predicted octanol–water partition coefficient (Wildman–Crippen LogP) is 0.144. The summed E-state index contributed by atoms with van der Waals surface area (Å²) in [6, 6.07) is 0. The maximum absolute atomic E-state index is 10.9. The molecule has 0 amide bonds. The number of rotatable bonds is 5. The van der Waals surface area contributed by atoms with Crippen LogP contribution < -0.4 is 5.73 Å². The largest absolute Gasteiger partial charge is 0.357 e. The molecule has 0 radical (unpaired) electrons. The van der Waals surface area contributed by atoms with Crippen molar-refractivity contribution in [3.8, 4) is 0 Å². The molecule has 0 aromatic carbocycles. The van der Waals surface area contributed by atoms with Gasteiger partial charge in [-0.1, -0.05) is 19.8 Å². The van der Waals surface area contributed by atoms with E-state index < -0.39 is 26.6 Å². The van der Waals surface area contributed by atoms with Crippen molar-refractivity contribution >= 4 is 15.2 Å². The summed E-state index contributed by atoms with van der Waals surface area (Å²) >= 11 is 0. The Morgan fingerprint density at radius 2 is 1.50 bits per heavy atom. The van der Waals surface area contributed by atoms with E-state index in [2.05, 4.69) is 0 Å². The molecule has 6 N–H and O–H groups in total. The highest BCUT2D eigenvalue weighted by Gasteiger charge is 2.56. The molecule has 0 aliphatic carbocycles. The summed E-state index contributed by atoms with van der Waals surface area (Å²) in [5.41, 5.74) is 5.11. The molecule has 9 heteroatoms. The van der Waals surface area contributed by atoms with Crippen LogP contribution in [0.2, 0.25) is 0 Å². The summed E-state index contributed by atoms with van der Waals surface area (Å²) in [6.07, 6.45) is 0.379. The van der Waals surface area contributed by atoms with Crippen LogP contribution in [0.3, 0.4) is 0 Å². The fourth-order valence-corrected chi connectivity index (χ4v) is 3.15. The van der Waals surface area contributed by atoms with E-state index in [1.54, 1.807) is 6.92 Å². The smallest absolute Gasteiger partial charge is 0.323 e. The Morgan fingerprint density at radius 3 is 1.71 bits per heavy atom. The highest BCUT2D eigenvalue weighted by molar-refractivity contribution is 7.72. The molecular weight excluding hydrogens is 232 g/mol. The second-order valence-electron chi connectivity index (χ2n) is 3.07. The first-order chi connectivity index (χ1) is 6.06. The predicted molar refractivity (Wildman–Crippen MR) is 50.5 cm³/mol. The third kappa shape index (κ3) is 2.87. The molecular formula is C5H15NO6P2. The molecule has 86 valence electrons. The zero-order valence-corrected chi connectivity index (χ0v) is 9.49. The Bertz CT molecular complexity index is 258. The highest BCUT2D eigenvalue weighted by Crippen LogP contribution is 2.67. The number of hydrogen-bond donors (Lipinski definition) is 5. The Hall–Kier alpha value is 0.260. The first-order valence-electron chi connectivity index (χ1n) is 3.96. The van der Waals surface area contributed by atoms with E-state index in [-0.39, 0.29) is 6.42 Å². The lowest BCUT2D eigenvalue weighted by atomic mass is 10.2. The second kappa shape index (κ2) is 4.41. The molecule has 0 heterocycles. The molecule has 0 aliphatic heterocycles. The lowest BCUT2D eigenvalue weighted by Crippen LogP contribution is -2.39. The van der Waals surface area contributed by atoms with Gasteiger partial charge in [0.05, 0.1) is 0 Å². The van der Waals surface area contributed by atoms with Gasteiger partial charge in [-0.25, -0.2) is 0 Å². The standard InChI is InChI=1S/C5H15NO6P2/c1-2-3-4-5(6,13(7,8)9)14(10,11)12/h2-4,6H2,1H3,(H2,7,8,9)(H2,10,11,12). The van der Waals surface area contributed by atoms with Crippen molar-refractivity contribution in [1.29, 1.82) is 0 Å². The first-order valence-corrected chi connectivity index (χ1v) is 7.19. The zero-order valence-electron chi connectivity index (χ0n) is 7.70. The van der Waals surface area contributed by atoms with Crippen LogP contribution in [0, 0.1) is 0 Å². The van der Waals surface area contributed by atoms with Gasteiger partial charge in [-0.2, -0.15) is 0 Å². The Balaban J connectivity index is 5.08. The van der Waals surface area contributed by atoms with Gasteiger partial charge >= 0.3 is 15.2 Å². The molecule has 0 rings (SSSR count).